The van der Waals surface area contributed by atoms with E-state index in [1.165, 1.54) is 4.90 Å². The van der Waals surface area contributed by atoms with Crippen molar-refractivity contribution in [1.82, 2.24) is 5.32 Å². The summed E-state index contributed by atoms with van der Waals surface area (Å²) in [6, 6.07) is 14.2. The van der Waals surface area contributed by atoms with E-state index in [4.69, 9.17) is 0 Å². The van der Waals surface area contributed by atoms with Crippen LogP contribution in [0.3, 0.4) is 0 Å². The molecule has 0 aromatic heterocycles. The molecule has 0 spiro atoms. The lowest BCUT2D eigenvalue weighted by Crippen LogP contribution is -2.43. The van der Waals surface area contributed by atoms with E-state index in [-0.39, 0.29) is 17.9 Å². The molecule has 2 aromatic rings. The molecule has 164 valence electrons. The molecule has 0 saturated carbocycles. The topological polar surface area (TPSA) is 52.7 Å². The molecule has 0 aliphatic carbocycles. The standard InChI is InChI=1S/C25H31N3O2S/c1-17(2)26-25(30)20-8-6-11-21-19(20)9-7-14-27(21)16-24(29)28-15-13-18(3)31-23-12-5-4-10-22(23)28/h4-6,8,10-12,17-18H,7,9,13-16H2,1-3H3,(H,26,30). The summed E-state index contributed by atoms with van der Waals surface area (Å²) in [6.45, 7) is 8.05. The Morgan fingerprint density at radius 1 is 1.10 bits per heavy atom. The number of hydrogen-bond donors (Lipinski definition) is 1. The molecule has 0 fully saturated rings. The van der Waals surface area contributed by atoms with E-state index < -0.39 is 0 Å². The summed E-state index contributed by atoms with van der Waals surface area (Å²) >= 11 is 1.85. The number of nitrogens with zero attached hydrogens (tertiary/aromatic N) is 2. The predicted octanol–water partition coefficient (Wildman–Crippen LogP) is 4.49. The van der Waals surface area contributed by atoms with Gasteiger partial charge in [0.15, 0.2) is 0 Å². The lowest BCUT2D eigenvalue weighted by molar-refractivity contribution is -0.117. The second kappa shape index (κ2) is 9.35. The number of carbonyl (C=O) groups excluding carboxylic acids is 2. The number of anilines is 2. The monoisotopic (exact) mass is 437 g/mol. The van der Waals surface area contributed by atoms with Crippen molar-refractivity contribution in [3.63, 3.8) is 0 Å². The minimum Gasteiger partial charge on any atom is -0.362 e. The van der Waals surface area contributed by atoms with Gasteiger partial charge in [0.05, 0.1) is 12.2 Å². The van der Waals surface area contributed by atoms with Crippen LogP contribution in [0.25, 0.3) is 0 Å². The van der Waals surface area contributed by atoms with Gasteiger partial charge in [-0.05, 0) is 62.9 Å². The fourth-order valence-corrected chi connectivity index (χ4v) is 5.53. The third-order valence-electron chi connectivity index (χ3n) is 5.88. The third-order valence-corrected chi connectivity index (χ3v) is 7.12. The highest BCUT2D eigenvalue weighted by Crippen LogP contribution is 2.37. The zero-order chi connectivity index (χ0) is 22.0. The number of amides is 2. The van der Waals surface area contributed by atoms with E-state index in [2.05, 4.69) is 29.3 Å². The highest BCUT2D eigenvalue weighted by atomic mass is 32.2. The summed E-state index contributed by atoms with van der Waals surface area (Å²) in [7, 11) is 0. The van der Waals surface area contributed by atoms with Gasteiger partial charge in [-0.25, -0.2) is 0 Å². The van der Waals surface area contributed by atoms with E-state index in [1.807, 2.05) is 60.8 Å². The van der Waals surface area contributed by atoms with Crippen LogP contribution in [-0.4, -0.2) is 42.7 Å². The highest BCUT2D eigenvalue weighted by Gasteiger charge is 2.28. The Morgan fingerprint density at radius 2 is 1.87 bits per heavy atom. The number of carbonyl (C=O) groups is 2. The van der Waals surface area contributed by atoms with Gasteiger partial charge in [-0.15, -0.1) is 11.8 Å². The number of rotatable bonds is 4. The number of nitrogens with one attached hydrogen (secondary N) is 1. The Balaban J connectivity index is 1.58. The summed E-state index contributed by atoms with van der Waals surface area (Å²) in [6.07, 6.45) is 2.78. The predicted molar refractivity (Wildman–Crippen MR) is 128 cm³/mol. The quantitative estimate of drug-likeness (QED) is 0.765. The number of fused-ring (bicyclic) bond motifs is 2. The van der Waals surface area contributed by atoms with E-state index >= 15 is 0 Å². The van der Waals surface area contributed by atoms with Crippen molar-refractivity contribution in [3.05, 3.63) is 53.6 Å². The maximum Gasteiger partial charge on any atom is 0.251 e. The molecule has 0 bridgehead atoms. The number of para-hydroxylation sites is 1. The molecular weight excluding hydrogens is 406 g/mol. The van der Waals surface area contributed by atoms with Gasteiger partial charge >= 0.3 is 0 Å². The number of benzene rings is 2. The van der Waals surface area contributed by atoms with Crippen LogP contribution in [0, 0.1) is 0 Å². The van der Waals surface area contributed by atoms with E-state index in [1.54, 1.807) is 0 Å². The zero-order valence-corrected chi connectivity index (χ0v) is 19.4. The first-order valence-electron chi connectivity index (χ1n) is 11.2. The number of hydrogen-bond acceptors (Lipinski definition) is 4. The lowest BCUT2D eigenvalue weighted by atomic mass is 9.95. The van der Waals surface area contributed by atoms with Gasteiger partial charge in [-0.1, -0.05) is 25.1 Å². The molecule has 4 rings (SSSR count). The van der Waals surface area contributed by atoms with Gasteiger partial charge in [-0.2, -0.15) is 0 Å². The molecule has 0 radical (unpaired) electrons. The summed E-state index contributed by atoms with van der Waals surface area (Å²) < 4.78 is 0. The van der Waals surface area contributed by atoms with Crippen LogP contribution < -0.4 is 15.1 Å². The Kier molecular flexibility index (Phi) is 6.56. The van der Waals surface area contributed by atoms with Crippen LogP contribution in [0.2, 0.25) is 0 Å². The molecule has 2 aliphatic heterocycles. The van der Waals surface area contributed by atoms with Gasteiger partial charge < -0.3 is 15.1 Å². The van der Waals surface area contributed by atoms with Crippen molar-refractivity contribution in [2.24, 2.45) is 0 Å². The fraction of sp³-hybridized carbons (Fsp3) is 0.440. The summed E-state index contributed by atoms with van der Waals surface area (Å²) in [5.74, 6) is 0.0829. The molecule has 2 heterocycles. The minimum absolute atomic E-state index is 0.0347. The average Bonchev–Trinajstić information content (AvgIpc) is 2.91. The average molecular weight is 438 g/mol. The van der Waals surface area contributed by atoms with Crippen LogP contribution in [0.1, 0.15) is 49.5 Å². The van der Waals surface area contributed by atoms with Gasteiger partial charge in [-0.3, -0.25) is 9.59 Å². The second-order valence-electron chi connectivity index (χ2n) is 8.69. The highest BCUT2D eigenvalue weighted by molar-refractivity contribution is 8.00. The van der Waals surface area contributed by atoms with Crippen molar-refractivity contribution in [1.29, 1.82) is 0 Å². The molecule has 31 heavy (non-hydrogen) atoms. The van der Waals surface area contributed by atoms with Crippen molar-refractivity contribution in [2.45, 2.75) is 56.2 Å². The van der Waals surface area contributed by atoms with Crippen LogP contribution in [0.15, 0.2) is 47.4 Å². The first-order chi connectivity index (χ1) is 14.9. The summed E-state index contributed by atoms with van der Waals surface area (Å²) in [5, 5.41) is 3.49. The maximum atomic E-state index is 13.5. The van der Waals surface area contributed by atoms with Gasteiger partial charge in [0.1, 0.15) is 0 Å². The summed E-state index contributed by atoms with van der Waals surface area (Å²) in [5.41, 5.74) is 3.82. The molecule has 1 N–H and O–H groups in total. The molecule has 5 nitrogen and oxygen atoms in total. The van der Waals surface area contributed by atoms with Crippen LogP contribution >= 0.6 is 11.8 Å². The molecule has 1 atom stereocenters. The normalized spacial score (nSPS) is 18.3. The minimum atomic E-state index is -0.0347. The Bertz CT molecular complexity index is 975. The Hall–Kier alpha value is -2.47. The first kappa shape index (κ1) is 21.8. The van der Waals surface area contributed by atoms with E-state index in [0.717, 1.165) is 54.9 Å². The van der Waals surface area contributed by atoms with Crippen molar-refractivity contribution in [3.8, 4) is 0 Å². The van der Waals surface area contributed by atoms with Crippen LogP contribution in [0.4, 0.5) is 11.4 Å². The molecule has 2 aliphatic rings. The zero-order valence-electron chi connectivity index (χ0n) is 18.6. The molecule has 1 unspecified atom stereocenters. The third kappa shape index (κ3) is 4.74. The van der Waals surface area contributed by atoms with Crippen molar-refractivity contribution in [2.75, 3.05) is 29.4 Å². The smallest absolute Gasteiger partial charge is 0.251 e. The summed E-state index contributed by atoms with van der Waals surface area (Å²) in [4.78, 5) is 31.4. The molecule has 2 amide bonds. The van der Waals surface area contributed by atoms with E-state index in [9.17, 15) is 9.59 Å². The Morgan fingerprint density at radius 3 is 2.68 bits per heavy atom. The van der Waals surface area contributed by atoms with Crippen LogP contribution in [0.5, 0.6) is 0 Å². The van der Waals surface area contributed by atoms with E-state index in [0.29, 0.717) is 11.8 Å². The first-order valence-corrected chi connectivity index (χ1v) is 12.1. The lowest BCUT2D eigenvalue weighted by Gasteiger charge is -2.34. The van der Waals surface area contributed by atoms with Gasteiger partial charge in [0.2, 0.25) is 5.91 Å². The maximum absolute atomic E-state index is 13.5. The van der Waals surface area contributed by atoms with Gasteiger partial charge in [0.25, 0.3) is 5.91 Å². The molecular formula is C25H31N3O2S. The molecule has 2 aromatic carbocycles. The van der Waals surface area contributed by atoms with Crippen molar-refractivity contribution < 1.29 is 9.59 Å². The van der Waals surface area contributed by atoms with Crippen LogP contribution in [-0.2, 0) is 11.2 Å². The largest absolute Gasteiger partial charge is 0.362 e. The second-order valence-corrected chi connectivity index (χ2v) is 10.2. The molecule has 6 heteroatoms. The fourth-order valence-electron chi connectivity index (χ4n) is 4.41. The number of thioether (sulfide) groups is 1. The van der Waals surface area contributed by atoms with Crippen molar-refractivity contribution >= 4 is 35.0 Å². The SMILES string of the molecule is CC(C)NC(=O)c1cccc2c1CCCN2CC(=O)N1CCC(C)Sc2ccccc21. The Labute approximate surface area is 189 Å². The van der Waals surface area contributed by atoms with Gasteiger partial charge in [0, 0.05) is 40.5 Å². The molecule has 0 saturated heterocycles.